The monoisotopic (exact) mass is 505 g/mol. The molecule has 2 aromatic rings. The topological polar surface area (TPSA) is 12.0 Å². The van der Waals surface area contributed by atoms with E-state index in [1.54, 1.807) is 22.7 Å². The predicted molar refractivity (Wildman–Crippen MR) is 96.9 cm³/mol. The minimum absolute atomic E-state index is 0.196. The zero-order chi connectivity index (χ0) is 14.0. The zero-order valence-corrected chi connectivity index (χ0v) is 17.1. The molecule has 0 saturated carbocycles. The maximum absolute atomic E-state index is 6.16. The smallest absolute Gasteiger partial charge is 0.107 e. The van der Waals surface area contributed by atoms with Crippen molar-refractivity contribution in [3.63, 3.8) is 0 Å². The fourth-order valence-corrected chi connectivity index (χ4v) is 5.73. The number of hydrogen-bond donors (Lipinski definition) is 1. The maximum Gasteiger partial charge on any atom is 0.107 e. The Balaban J connectivity index is 2.34. The fraction of sp³-hybridized carbons (Fsp3) is 0.333. The van der Waals surface area contributed by atoms with E-state index in [4.69, 9.17) is 11.6 Å². The molecule has 2 rings (SSSR count). The Labute approximate surface area is 151 Å². The maximum atomic E-state index is 6.16. The molecule has 0 bridgehead atoms. The van der Waals surface area contributed by atoms with Gasteiger partial charge >= 0.3 is 0 Å². The third-order valence-corrected chi connectivity index (χ3v) is 8.36. The van der Waals surface area contributed by atoms with Gasteiger partial charge in [0.2, 0.25) is 0 Å². The van der Waals surface area contributed by atoms with Crippen molar-refractivity contribution in [2.24, 2.45) is 0 Å². The van der Waals surface area contributed by atoms with Crippen LogP contribution >= 0.6 is 82.1 Å². The number of rotatable bonds is 5. The molecule has 0 aliphatic carbocycles. The molecule has 0 aliphatic heterocycles. The van der Waals surface area contributed by atoms with Crippen LogP contribution in [0.4, 0.5) is 0 Å². The first-order valence-electron chi connectivity index (χ1n) is 5.65. The van der Waals surface area contributed by atoms with Crippen molar-refractivity contribution >= 4 is 82.1 Å². The predicted octanol–water partition coefficient (Wildman–Crippen LogP) is 6.84. The lowest BCUT2D eigenvalue weighted by atomic mass is 10.2. The number of halogens is 4. The van der Waals surface area contributed by atoms with Crippen LogP contribution in [0.3, 0.4) is 0 Å². The van der Waals surface area contributed by atoms with Gasteiger partial charge in [-0.3, -0.25) is 0 Å². The van der Waals surface area contributed by atoms with Gasteiger partial charge in [-0.25, -0.2) is 0 Å². The molecule has 7 heteroatoms. The largest absolute Gasteiger partial charge is 0.305 e. The van der Waals surface area contributed by atoms with Gasteiger partial charge in [-0.15, -0.1) is 22.7 Å². The summed E-state index contributed by atoms with van der Waals surface area (Å²) in [6.45, 7) is 3.15. The molecule has 0 spiro atoms. The fourth-order valence-electron chi connectivity index (χ4n) is 1.64. The van der Waals surface area contributed by atoms with Crippen LogP contribution in [0.15, 0.2) is 24.9 Å². The van der Waals surface area contributed by atoms with E-state index < -0.39 is 0 Å². The Kier molecular flexibility index (Phi) is 6.40. The van der Waals surface area contributed by atoms with E-state index in [-0.39, 0.29) is 6.04 Å². The minimum atomic E-state index is 0.196. The van der Waals surface area contributed by atoms with Crippen molar-refractivity contribution in [1.29, 1.82) is 0 Å². The molecule has 0 aromatic carbocycles. The lowest BCUT2D eigenvalue weighted by Gasteiger charge is -2.15. The molecule has 2 heterocycles. The summed E-state index contributed by atoms with van der Waals surface area (Å²) in [6.07, 6.45) is 1.10. The van der Waals surface area contributed by atoms with Crippen molar-refractivity contribution in [3.8, 4) is 0 Å². The van der Waals surface area contributed by atoms with Crippen LogP contribution in [0.1, 0.15) is 29.1 Å². The van der Waals surface area contributed by atoms with Crippen molar-refractivity contribution in [1.82, 2.24) is 5.32 Å². The van der Waals surface area contributed by atoms with Crippen molar-refractivity contribution < 1.29 is 0 Å². The molecule has 1 N–H and O–H groups in total. The van der Waals surface area contributed by atoms with E-state index in [0.717, 1.165) is 30.0 Å². The van der Waals surface area contributed by atoms with E-state index >= 15 is 0 Å². The van der Waals surface area contributed by atoms with Crippen LogP contribution in [-0.4, -0.2) is 6.54 Å². The second kappa shape index (κ2) is 7.38. The Bertz CT molecular complexity index is 482. The van der Waals surface area contributed by atoms with E-state index in [1.807, 2.05) is 0 Å². The number of thiophene rings is 2. The van der Waals surface area contributed by atoms with Gasteiger partial charge in [0.05, 0.1) is 9.83 Å². The van der Waals surface area contributed by atoms with Crippen LogP contribution in [0.5, 0.6) is 0 Å². The summed E-state index contributed by atoms with van der Waals surface area (Å²) in [6, 6.07) is 4.45. The summed E-state index contributed by atoms with van der Waals surface area (Å²) in [7, 11) is 0. The molecule has 1 nitrogen and oxygen atoms in total. The molecule has 104 valence electrons. The second-order valence-electron chi connectivity index (χ2n) is 3.93. The molecule has 0 radical (unpaired) electrons. The highest BCUT2D eigenvalue weighted by atomic mass is 79.9. The van der Waals surface area contributed by atoms with Gasteiger partial charge in [0.25, 0.3) is 0 Å². The molecular weight excluding hydrogens is 497 g/mol. The van der Waals surface area contributed by atoms with Crippen molar-refractivity contribution in [3.05, 3.63) is 39.0 Å². The van der Waals surface area contributed by atoms with Gasteiger partial charge in [-0.2, -0.15) is 0 Å². The van der Waals surface area contributed by atoms with Crippen LogP contribution in [0, 0.1) is 0 Å². The Morgan fingerprint density at radius 1 is 1.16 bits per heavy atom. The molecule has 2 aromatic heterocycles. The van der Waals surface area contributed by atoms with Crippen LogP contribution in [0.2, 0.25) is 4.34 Å². The molecule has 0 saturated heterocycles. The molecule has 0 amide bonds. The molecule has 0 aliphatic rings. The van der Waals surface area contributed by atoms with E-state index in [1.165, 1.54) is 9.75 Å². The van der Waals surface area contributed by atoms with E-state index in [0.29, 0.717) is 0 Å². The SMILES string of the molecule is CCCNC(c1cc(Br)c(Cl)s1)c1cc(Br)c(Br)s1. The average molecular weight is 509 g/mol. The highest BCUT2D eigenvalue weighted by molar-refractivity contribution is 9.13. The zero-order valence-electron chi connectivity index (χ0n) is 9.97. The highest BCUT2D eigenvalue weighted by Gasteiger charge is 2.20. The molecule has 1 unspecified atom stereocenters. The average Bonchev–Trinajstić information content (AvgIpc) is 2.85. The molecule has 1 atom stereocenters. The molecular formula is C12H11Br3ClNS2. The number of hydrogen-bond acceptors (Lipinski definition) is 3. The third-order valence-electron chi connectivity index (χ3n) is 2.50. The summed E-state index contributed by atoms with van der Waals surface area (Å²) in [4.78, 5) is 2.50. The molecule has 0 fully saturated rings. The Morgan fingerprint density at radius 2 is 1.79 bits per heavy atom. The summed E-state index contributed by atoms with van der Waals surface area (Å²) >= 11 is 20.1. The first-order chi connectivity index (χ1) is 9.02. The minimum Gasteiger partial charge on any atom is -0.305 e. The first kappa shape index (κ1) is 16.5. The molecule has 19 heavy (non-hydrogen) atoms. The lowest BCUT2D eigenvalue weighted by Crippen LogP contribution is -2.21. The standard InChI is InChI=1S/C12H11Br3ClNS2/c1-2-3-17-10(8-4-6(13)11(15)18-8)9-5-7(14)12(16)19-9/h4-5,10,17H,2-3H2,1H3. The Hall–Kier alpha value is 1.09. The van der Waals surface area contributed by atoms with Gasteiger partial charge in [0, 0.05) is 18.7 Å². The first-order valence-corrected chi connectivity index (χ1v) is 10.0. The van der Waals surface area contributed by atoms with Gasteiger partial charge in [0.1, 0.15) is 4.34 Å². The Morgan fingerprint density at radius 3 is 2.26 bits per heavy atom. The lowest BCUT2D eigenvalue weighted by molar-refractivity contribution is 0.613. The summed E-state index contributed by atoms with van der Waals surface area (Å²) in [5.41, 5.74) is 0. The van der Waals surface area contributed by atoms with Crippen LogP contribution in [0.25, 0.3) is 0 Å². The van der Waals surface area contributed by atoms with Crippen LogP contribution < -0.4 is 5.32 Å². The van der Waals surface area contributed by atoms with Crippen LogP contribution in [-0.2, 0) is 0 Å². The van der Waals surface area contributed by atoms with Crippen molar-refractivity contribution in [2.75, 3.05) is 6.54 Å². The summed E-state index contributed by atoms with van der Waals surface area (Å²) in [5, 5.41) is 3.58. The summed E-state index contributed by atoms with van der Waals surface area (Å²) in [5.74, 6) is 0. The van der Waals surface area contributed by atoms with Crippen molar-refractivity contribution in [2.45, 2.75) is 19.4 Å². The van der Waals surface area contributed by atoms with E-state index in [9.17, 15) is 0 Å². The normalized spacial score (nSPS) is 12.9. The van der Waals surface area contributed by atoms with Gasteiger partial charge < -0.3 is 5.32 Å². The summed E-state index contributed by atoms with van der Waals surface area (Å²) < 4.78 is 3.98. The van der Waals surface area contributed by atoms with Gasteiger partial charge in [-0.1, -0.05) is 18.5 Å². The van der Waals surface area contributed by atoms with Gasteiger partial charge in [0.15, 0.2) is 0 Å². The second-order valence-corrected chi connectivity index (χ2v) is 9.72. The third kappa shape index (κ3) is 4.05. The van der Waals surface area contributed by atoms with E-state index in [2.05, 4.69) is 72.2 Å². The highest BCUT2D eigenvalue weighted by Crippen LogP contribution is 2.42. The number of nitrogens with one attached hydrogen (secondary N) is 1. The quantitative estimate of drug-likeness (QED) is 0.466. The van der Waals surface area contributed by atoms with Gasteiger partial charge in [-0.05, 0) is 72.9 Å².